The van der Waals surface area contributed by atoms with E-state index in [1.807, 2.05) is 12.2 Å². The first-order valence-electron chi connectivity index (χ1n) is 27.5. The van der Waals surface area contributed by atoms with Gasteiger partial charge in [0.25, 0.3) is 0 Å². The molecular formula is C62H100O6. The van der Waals surface area contributed by atoms with Crippen LogP contribution < -0.4 is 0 Å². The van der Waals surface area contributed by atoms with E-state index in [0.717, 1.165) is 103 Å². The minimum Gasteiger partial charge on any atom is -0.462 e. The van der Waals surface area contributed by atoms with Crippen molar-refractivity contribution in [1.29, 1.82) is 0 Å². The molecule has 0 amide bonds. The lowest BCUT2D eigenvalue weighted by Crippen LogP contribution is -2.30. The highest BCUT2D eigenvalue weighted by Gasteiger charge is 2.19. The first kappa shape index (κ1) is 63.8. The SMILES string of the molecule is CC/C=C\C/C=C\C/C=C\C/C=C\C/C=C\C/C=C\CCCCCCCCCCCCC(=O)OCC(COC(=O)CCCCCCCCCC)OC(=O)CC/C=C\C/C=C\C/C=C\C/C=C\CC. The minimum atomic E-state index is -0.817. The van der Waals surface area contributed by atoms with Gasteiger partial charge in [0.2, 0.25) is 0 Å². The zero-order chi connectivity index (χ0) is 49.3. The summed E-state index contributed by atoms with van der Waals surface area (Å²) < 4.78 is 16.7. The van der Waals surface area contributed by atoms with Crippen LogP contribution in [0.15, 0.2) is 122 Å². The molecule has 0 fully saturated rings. The highest BCUT2D eigenvalue weighted by molar-refractivity contribution is 5.71. The van der Waals surface area contributed by atoms with E-state index in [-0.39, 0.29) is 31.6 Å². The maximum atomic E-state index is 12.7. The Balaban J connectivity index is 4.22. The van der Waals surface area contributed by atoms with Gasteiger partial charge in [-0.2, -0.15) is 0 Å². The van der Waals surface area contributed by atoms with Gasteiger partial charge in [0.05, 0.1) is 0 Å². The molecule has 1 unspecified atom stereocenters. The Morgan fingerprint density at radius 1 is 0.309 bits per heavy atom. The van der Waals surface area contributed by atoms with Crippen LogP contribution in [0, 0.1) is 0 Å². The van der Waals surface area contributed by atoms with Crippen molar-refractivity contribution in [3.05, 3.63) is 122 Å². The van der Waals surface area contributed by atoms with Gasteiger partial charge in [-0.25, -0.2) is 0 Å². The Morgan fingerprint density at radius 2 is 0.603 bits per heavy atom. The second-order valence-electron chi connectivity index (χ2n) is 17.7. The van der Waals surface area contributed by atoms with Crippen molar-refractivity contribution >= 4 is 17.9 Å². The molecule has 6 heteroatoms. The summed E-state index contributed by atoms with van der Waals surface area (Å²) in [5.41, 5.74) is 0. The van der Waals surface area contributed by atoms with Crippen LogP contribution >= 0.6 is 0 Å². The lowest BCUT2D eigenvalue weighted by atomic mass is 10.1. The van der Waals surface area contributed by atoms with Crippen LogP contribution in [0.2, 0.25) is 0 Å². The van der Waals surface area contributed by atoms with Crippen molar-refractivity contribution in [1.82, 2.24) is 0 Å². The number of rotatable bonds is 48. The number of ether oxygens (including phenoxy) is 3. The average Bonchev–Trinajstić information content (AvgIpc) is 3.34. The second-order valence-corrected chi connectivity index (χ2v) is 17.7. The molecular weight excluding hydrogens is 841 g/mol. The molecule has 0 aromatic carbocycles. The second kappa shape index (κ2) is 55.4. The summed E-state index contributed by atoms with van der Waals surface area (Å²) in [6.07, 6.45) is 76.5. The smallest absolute Gasteiger partial charge is 0.306 e. The average molecular weight is 941 g/mol. The van der Waals surface area contributed by atoms with Gasteiger partial charge in [-0.1, -0.05) is 239 Å². The lowest BCUT2D eigenvalue weighted by Gasteiger charge is -2.18. The molecule has 1 atom stereocenters. The highest BCUT2D eigenvalue weighted by atomic mass is 16.6. The molecule has 0 rings (SSSR count). The molecule has 0 N–H and O–H groups in total. The fraction of sp³-hybridized carbons (Fsp3) is 0.629. The van der Waals surface area contributed by atoms with Gasteiger partial charge in [-0.3, -0.25) is 14.4 Å². The first-order chi connectivity index (χ1) is 33.5. The molecule has 0 bridgehead atoms. The van der Waals surface area contributed by atoms with Gasteiger partial charge in [0, 0.05) is 19.3 Å². The molecule has 0 aliphatic heterocycles. The molecule has 0 saturated heterocycles. The Bertz CT molecular complexity index is 1450. The van der Waals surface area contributed by atoms with E-state index >= 15 is 0 Å². The van der Waals surface area contributed by atoms with Gasteiger partial charge in [-0.15, -0.1) is 0 Å². The van der Waals surface area contributed by atoms with Crippen molar-refractivity contribution in [3.63, 3.8) is 0 Å². The number of carbonyl (C=O) groups is 3. The van der Waals surface area contributed by atoms with Crippen LogP contribution in [0.3, 0.4) is 0 Å². The Labute approximate surface area is 418 Å². The standard InChI is InChI=1S/C62H100O6/c1-4-7-10-13-16-19-21-23-24-25-26-27-28-29-30-31-32-33-34-35-36-37-38-40-41-43-46-49-52-55-61(64)67-58-59(57-66-60(63)54-51-48-45-18-15-12-9-6-3)68-62(65)56-53-50-47-44-42-39-22-20-17-14-11-8-5-2/h7-8,10-11,16-17,19-20,23-24,26-27,29-30,32-33,39,42,47,50,59H,4-6,9,12-15,18,21-22,25,28,31,34-38,40-41,43-46,48-49,51-58H2,1-3H3/b10-7-,11-8-,19-16-,20-17-,24-23-,27-26-,30-29-,33-32-,42-39-,50-47-. The van der Waals surface area contributed by atoms with Crippen molar-refractivity contribution < 1.29 is 28.6 Å². The van der Waals surface area contributed by atoms with Gasteiger partial charge in [0.1, 0.15) is 13.2 Å². The summed E-state index contributed by atoms with van der Waals surface area (Å²) in [7, 11) is 0. The van der Waals surface area contributed by atoms with E-state index in [0.29, 0.717) is 19.3 Å². The summed E-state index contributed by atoms with van der Waals surface area (Å²) >= 11 is 0. The van der Waals surface area contributed by atoms with Crippen molar-refractivity contribution in [3.8, 4) is 0 Å². The van der Waals surface area contributed by atoms with Crippen molar-refractivity contribution in [2.75, 3.05) is 13.2 Å². The van der Waals surface area contributed by atoms with E-state index < -0.39 is 12.1 Å². The number of hydrogen-bond acceptors (Lipinski definition) is 6. The largest absolute Gasteiger partial charge is 0.462 e. The van der Waals surface area contributed by atoms with E-state index in [1.165, 1.54) is 83.5 Å². The van der Waals surface area contributed by atoms with Gasteiger partial charge >= 0.3 is 17.9 Å². The molecule has 6 nitrogen and oxygen atoms in total. The Morgan fingerprint density at radius 3 is 0.956 bits per heavy atom. The normalized spacial score (nSPS) is 13.0. The number of carbonyl (C=O) groups excluding carboxylic acids is 3. The Kier molecular flexibility index (Phi) is 52.0. The summed E-state index contributed by atoms with van der Waals surface area (Å²) in [5, 5.41) is 0. The van der Waals surface area contributed by atoms with Gasteiger partial charge < -0.3 is 14.2 Å². The molecule has 0 spiro atoms. The maximum absolute atomic E-state index is 12.7. The fourth-order valence-electron chi connectivity index (χ4n) is 7.16. The molecule has 384 valence electrons. The molecule has 0 aliphatic carbocycles. The predicted molar refractivity (Wildman–Crippen MR) is 293 cm³/mol. The molecule has 68 heavy (non-hydrogen) atoms. The molecule has 0 radical (unpaired) electrons. The topological polar surface area (TPSA) is 78.9 Å². The van der Waals surface area contributed by atoms with E-state index in [2.05, 4.69) is 130 Å². The molecule has 0 aliphatic rings. The first-order valence-corrected chi connectivity index (χ1v) is 27.5. The molecule has 0 aromatic heterocycles. The number of hydrogen-bond donors (Lipinski definition) is 0. The molecule has 0 aromatic rings. The maximum Gasteiger partial charge on any atom is 0.306 e. The van der Waals surface area contributed by atoms with Crippen LogP contribution in [-0.4, -0.2) is 37.2 Å². The van der Waals surface area contributed by atoms with Crippen LogP contribution in [0.4, 0.5) is 0 Å². The summed E-state index contributed by atoms with van der Waals surface area (Å²) in [6.45, 7) is 6.30. The van der Waals surface area contributed by atoms with E-state index in [9.17, 15) is 14.4 Å². The van der Waals surface area contributed by atoms with E-state index in [1.54, 1.807) is 0 Å². The molecule has 0 saturated carbocycles. The van der Waals surface area contributed by atoms with Gasteiger partial charge in [0.15, 0.2) is 6.10 Å². The minimum absolute atomic E-state index is 0.109. The number of unbranched alkanes of at least 4 members (excludes halogenated alkanes) is 17. The monoisotopic (exact) mass is 941 g/mol. The van der Waals surface area contributed by atoms with Crippen LogP contribution in [0.5, 0.6) is 0 Å². The molecule has 0 heterocycles. The van der Waals surface area contributed by atoms with Crippen LogP contribution in [0.1, 0.15) is 233 Å². The van der Waals surface area contributed by atoms with Crippen molar-refractivity contribution in [2.24, 2.45) is 0 Å². The van der Waals surface area contributed by atoms with Crippen LogP contribution in [0.25, 0.3) is 0 Å². The summed E-state index contributed by atoms with van der Waals surface area (Å²) in [6, 6.07) is 0. The van der Waals surface area contributed by atoms with Gasteiger partial charge in [-0.05, 0) is 96.3 Å². The third kappa shape index (κ3) is 52.8. The predicted octanol–water partition coefficient (Wildman–Crippen LogP) is 18.5. The zero-order valence-electron chi connectivity index (χ0n) is 43.8. The van der Waals surface area contributed by atoms with E-state index in [4.69, 9.17) is 14.2 Å². The quantitative estimate of drug-likeness (QED) is 0.0262. The summed E-state index contributed by atoms with van der Waals surface area (Å²) in [5.74, 6) is -1.01. The highest BCUT2D eigenvalue weighted by Crippen LogP contribution is 2.14. The third-order valence-electron chi connectivity index (χ3n) is 11.2. The van der Waals surface area contributed by atoms with Crippen molar-refractivity contribution in [2.45, 2.75) is 239 Å². The Hall–Kier alpha value is -4.19. The lowest BCUT2D eigenvalue weighted by molar-refractivity contribution is -0.166. The third-order valence-corrected chi connectivity index (χ3v) is 11.2. The number of allylic oxidation sites excluding steroid dienone is 20. The number of esters is 3. The summed E-state index contributed by atoms with van der Waals surface area (Å²) in [4.78, 5) is 37.8. The van der Waals surface area contributed by atoms with Crippen LogP contribution in [-0.2, 0) is 28.6 Å². The fourth-order valence-corrected chi connectivity index (χ4v) is 7.16. The zero-order valence-corrected chi connectivity index (χ0v) is 43.8.